The molecule has 2 aromatic rings. The summed E-state index contributed by atoms with van der Waals surface area (Å²) in [6, 6.07) is 8.37. The molecular weight excluding hydrogens is 280 g/mol. The van der Waals surface area contributed by atoms with Gasteiger partial charge in [-0.05, 0) is 23.8 Å². The predicted molar refractivity (Wildman–Crippen MR) is 69.8 cm³/mol. The molecule has 0 saturated carbocycles. The van der Waals surface area contributed by atoms with Gasteiger partial charge in [-0.1, -0.05) is 46.9 Å². The normalized spacial score (nSPS) is 12.5. The first-order chi connectivity index (χ1) is 8.09. The summed E-state index contributed by atoms with van der Waals surface area (Å²) in [6.07, 6.45) is 0.654. The van der Waals surface area contributed by atoms with Crippen molar-refractivity contribution in [3.8, 4) is 0 Å². The van der Waals surface area contributed by atoms with Crippen LogP contribution in [0.4, 0.5) is 0 Å². The van der Waals surface area contributed by atoms with Crippen molar-refractivity contribution in [1.82, 2.24) is 4.98 Å². The Morgan fingerprint density at radius 2 is 1.88 bits per heavy atom. The molecule has 1 heterocycles. The lowest BCUT2D eigenvalue weighted by molar-refractivity contribution is 0.220. The number of hydrogen-bond donors (Lipinski definition) is 1. The van der Waals surface area contributed by atoms with E-state index < -0.39 is 6.10 Å². The van der Waals surface area contributed by atoms with Gasteiger partial charge in [-0.2, -0.15) is 0 Å². The highest BCUT2D eigenvalue weighted by Crippen LogP contribution is 2.33. The molecule has 1 unspecified atom stereocenters. The van der Waals surface area contributed by atoms with Crippen molar-refractivity contribution in [3.05, 3.63) is 62.9 Å². The molecule has 1 N–H and O–H groups in total. The predicted octanol–water partition coefficient (Wildman–Crippen LogP) is 4.12. The Balaban J connectivity index is 2.44. The highest BCUT2D eigenvalue weighted by Gasteiger charge is 2.15. The highest BCUT2D eigenvalue weighted by atomic mass is 35.5. The molecular formula is C12H8Cl3NO. The zero-order chi connectivity index (χ0) is 12.4. The maximum absolute atomic E-state index is 10.2. The van der Waals surface area contributed by atoms with Gasteiger partial charge in [-0.15, -0.1) is 0 Å². The van der Waals surface area contributed by atoms with Crippen molar-refractivity contribution < 1.29 is 5.11 Å². The Morgan fingerprint density at radius 3 is 2.59 bits per heavy atom. The summed E-state index contributed by atoms with van der Waals surface area (Å²) in [5.74, 6) is 0. The summed E-state index contributed by atoms with van der Waals surface area (Å²) in [5.41, 5.74) is 1.16. The van der Waals surface area contributed by atoms with Gasteiger partial charge >= 0.3 is 0 Å². The first-order valence-corrected chi connectivity index (χ1v) is 5.96. The van der Waals surface area contributed by atoms with Gasteiger partial charge < -0.3 is 5.11 Å². The Bertz CT molecular complexity index is 545. The molecule has 1 atom stereocenters. The third kappa shape index (κ3) is 2.72. The number of benzene rings is 1. The summed E-state index contributed by atoms with van der Waals surface area (Å²) in [7, 11) is 0. The van der Waals surface area contributed by atoms with Crippen LogP contribution in [0.2, 0.25) is 15.2 Å². The monoisotopic (exact) mass is 287 g/mol. The SMILES string of the molecule is OC(c1ccnc(Cl)c1)c1cccc(Cl)c1Cl. The smallest absolute Gasteiger partial charge is 0.129 e. The minimum Gasteiger partial charge on any atom is -0.384 e. The van der Waals surface area contributed by atoms with Crippen LogP contribution in [0.5, 0.6) is 0 Å². The van der Waals surface area contributed by atoms with Gasteiger partial charge in [0, 0.05) is 11.8 Å². The van der Waals surface area contributed by atoms with E-state index in [0.29, 0.717) is 26.3 Å². The first kappa shape index (κ1) is 12.7. The van der Waals surface area contributed by atoms with Crippen molar-refractivity contribution in [2.45, 2.75) is 6.10 Å². The van der Waals surface area contributed by atoms with Gasteiger partial charge in [0.25, 0.3) is 0 Å². The minimum absolute atomic E-state index is 0.319. The van der Waals surface area contributed by atoms with E-state index in [1.54, 1.807) is 30.3 Å². The fraction of sp³-hybridized carbons (Fsp3) is 0.0833. The van der Waals surface area contributed by atoms with Crippen LogP contribution in [0.15, 0.2) is 36.5 Å². The van der Waals surface area contributed by atoms with Crippen molar-refractivity contribution in [2.24, 2.45) is 0 Å². The van der Waals surface area contributed by atoms with E-state index in [-0.39, 0.29) is 0 Å². The van der Waals surface area contributed by atoms with Crippen molar-refractivity contribution >= 4 is 34.8 Å². The molecule has 0 bridgehead atoms. The molecule has 0 saturated heterocycles. The maximum Gasteiger partial charge on any atom is 0.129 e. The second-order valence-corrected chi connectivity index (χ2v) is 4.63. The molecule has 0 aliphatic carbocycles. The molecule has 0 fully saturated rings. The summed E-state index contributed by atoms with van der Waals surface area (Å²) in [5, 5.41) is 11.3. The van der Waals surface area contributed by atoms with E-state index in [1.165, 1.54) is 6.20 Å². The Labute approximate surface area is 114 Å². The Hall–Kier alpha value is -0.800. The van der Waals surface area contributed by atoms with Crippen LogP contribution in [0.3, 0.4) is 0 Å². The molecule has 1 aromatic carbocycles. The molecule has 2 nitrogen and oxygen atoms in total. The highest BCUT2D eigenvalue weighted by molar-refractivity contribution is 6.42. The second-order valence-electron chi connectivity index (χ2n) is 3.46. The fourth-order valence-corrected chi connectivity index (χ4v) is 2.09. The molecule has 88 valence electrons. The number of aromatic nitrogens is 1. The number of rotatable bonds is 2. The molecule has 1 aromatic heterocycles. The Kier molecular flexibility index (Phi) is 3.89. The van der Waals surface area contributed by atoms with Crippen LogP contribution in [0.1, 0.15) is 17.2 Å². The van der Waals surface area contributed by atoms with Crippen LogP contribution in [-0.2, 0) is 0 Å². The second kappa shape index (κ2) is 5.23. The number of halogens is 3. The average Bonchev–Trinajstić information content (AvgIpc) is 2.32. The number of hydrogen-bond acceptors (Lipinski definition) is 2. The van der Waals surface area contributed by atoms with E-state index >= 15 is 0 Å². The fourth-order valence-electron chi connectivity index (χ4n) is 1.50. The van der Waals surface area contributed by atoms with Gasteiger partial charge in [0.1, 0.15) is 11.3 Å². The molecule has 0 spiro atoms. The van der Waals surface area contributed by atoms with Crippen LogP contribution in [0.25, 0.3) is 0 Å². The van der Waals surface area contributed by atoms with Crippen molar-refractivity contribution in [1.29, 1.82) is 0 Å². The summed E-state index contributed by atoms with van der Waals surface area (Å²) in [6.45, 7) is 0. The Morgan fingerprint density at radius 1 is 1.12 bits per heavy atom. The zero-order valence-electron chi connectivity index (χ0n) is 8.57. The molecule has 0 amide bonds. The van der Waals surface area contributed by atoms with E-state index in [0.717, 1.165) is 0 Å². The lowest BCUT2D eigenvalue weighted by atomic mass is 10.0. The van der Waals surface area contributed by atoms with E-state index in [1.807, 2.05) is 0 Å². The minimum atomic E-state index is -0.873. The van der Waals surface area contributed by atoms with Crippen LogP contribution < -0.4 is 0 Å². The number of pyridine rings is 1. The van der Waals surface area contributed by atoms with Gasteiger partial charge in [-0.3, -0.25) is 0 Å². The van der Waals surface area contributed by atoms with Crippen molar-refractivity contribution in [3.63, 3.8) is 0 Å². The van der Waals surface area contributed by atoms with E-state index in [9.17, 15) is 5.11 Å². The van der Waals surface area contributed by atoms with Gasteiger partial charge in [-0.25, -0.2) is 4.98 Å². The maximum atomic E-state index is 10.2. The van der Waals surface area contributed by atoms with Gasteiger partial charge in [0.15, 0.2) is 0 Å². The van der Waals surface area contributed by atoms with Crippen molar-refractivity contribution in [2.75, 3.05) is 0 Å². The quantitative estimate of drug-likeness (QED) is 0.843. The topological polar surface area (TPSA) is 33.1 Å². The zero-order valence-corrected chi connectivity index (χ0v) is 10.8. The van der Waals surface area contributed by atoms with Crippen LogP contribution in [0, 0.1) is 0 Å². The lowest BCUT2D eigenvalue weighted by Crippen LogP contribution is -2.01. The number of aliphatic hydroxyl groups excluding tert-OH is 1. The first-order valence-electron chi connectivity index (χ1n) is 4.83. The largest absolute Gasteiger partial charge is 0.384 e. The van der Waals surface area contributed by atoms with E-state index in [2.05, 4.69) is 4.98 Å². The van der Waals surface area contributed by atoms with Gasteiger partial charge in [0.2, 0.25) is 0 Å². The molecule has 0 aliphatic heterocycles. The summed E-state index contributed by atoms with van der Waals surface area (Å²) in [4.78, 5) is 3.85. The molecule has 17 heavy (non-hydrogen) atoms. The lowest BCUT2D eigenvalue weighted by Gasteiger charge is -2.13. The van der Waals surface area contributed by atoms with E-state index in [4.69, 9.17) is 34.8 Å². The van der Waals surface area contributed by atoms with Crippen LogP contribution in [-0.4, -0.2) is 10.1 Å². The number of aliphatic hydroxyl groups is 1. The molecule has 2 rings (SSSR count). The van der Waals surface area contributed by atoms with Gasteiger partial charge in [0.05, 0.1) is 10.0 Å². The molecule has 0 radical (unpaired) electrons. The standard InChI is InChI=1S/C12H8Cl3NO/c13-9-3-1-2-8(11(9)15)12(17)7-4-5-16-10(14)6-7/h1-6,12,17H. The molecule has 5 heteroatoms. The summed E-state index contributed by atoms with van der Waals surface area (Å²) >= 11 is 17.7. The third-order valence-electron chi connectivity index (χ3n) is 2.34. The van der Waals surface area contributed by atoms with Crippen LogP contribution >= 0.6 is 34.8 Å². The third-order valence-corrected chi connectivity index (χ3v) is 3.38. The average molecular weight is 289 g/mol. The summed E-state index contributed by atoms with van der Waals surface area (Å²) < 4.78 is 0. The number of nitrogens with zero attached hydrogens (tertiary/aromatic N) is 1. The molecule has 0 aliphatic rings.